The van der Waals surface area contributed by atoms with Gasteiger partial charge in [-0.25, -0.2) is 0 Å². The molecule has 20 nitrogen and oxygen atoms in total. The third-order valence-electron chi connectivity index (χ3n) is 6.65. The molecule has 0 aliphatic carbocycles. The van der Waals surface area contributed by atoms with Crippen molar-refractivity contribution in [2.24, 2.45) is 5.73 Å². The minimum atomic E-state index is -0.483. The highest BCUT2D eigenvalue weighted by Gasteiger charge is 2.08. The zero-order valence-electron chi connectivity index (χ0n) is 31.6. The Morgan fingerprint density at radius 3 is 1.06 bits per heavy atom. The number of ether oxygens (including phenoxy) is 8. The Kier molecular flexibility index (Phi) is 36.3. The first-order chi connectivity index (χ1) is 26.1. The second-order valence-corrected chi connectivity index (χ2v) is 11.8. The number of carbonyl (C=O) groups excluding carboxylic acids is 6. The first kappa shape index (κ1) is 51.1. The maximum atomic E-state index is 11.8. The van der Waals surface area contributed by atoms with Crippen molar-refractivity contribution in [2.75, 3.05) is 138 Å². The van der Waals surface area contributed by atoms with Crippen LogP contribution in [0.25, 0.3) is 0 Å². The van der Waals surface area contributed by atoms with Gasteiger partial charge in [-0.05, 0) is 19.3 Å². The van der Waals surface area contributed by atoms with Crippen molar-refractivity contribution in [2.45, 2.75) is 38.6 Å². The predicted octanol–water partition coefficient (Wildman–Crippen LogP) is -2.99. The Morgan fingerprint density at radius 2 is 0.741 bits per heavy atom. The minimum absolute atomic E-state index is 0.0337. The highest BCUT2D eigenvalue weighted by molar-refractivity contribution is 7.40. The first-order valence-electron chi connectivity index (χ1n) is 18.2. The molecule has 1 unspecified atom stereocenters. The van der Waals surface area contributed by atoms with E-state index in [1.807, 2.05) is 0 Å². The van der Waals surface area contributed by atoms with Crippen LogP contribution in [0.5, 0.6) is 0 Å². The fraction of sp³-hybridized carbons (Fsp3) is 0.818. The van der Waals surface area contributed by atoms with Crippen LogP contribution in [0.3, 0.4) is 0 Å². The fourth-order valence-corrected chi connectivity index (χ4v) is 3.94. The normalized spacial score (nSPS) is 11.5. The molecule has 5 amide bonds. The second kappa shape index (κ2) is 38.4. The molecule has 21 heteroatoms. The Balaban J connectivity index is 3.39. The highest BCUT2D eigenvalue weighted by atomic mass is 31.0. The molecule has 0 saturated heterocycles. The zero-order chi connectivity index (χ0) is 39.9. The van der Waals surface area contributed by atoms with Crippen LogP contribution >= 0.6 is 9.24 Å². The molecule has 0 aliphatic heterocycles. The van der Waals surface area contributed by atoms with Crippen LogP contribution in [-0.4, -0.2) is 180 Å². The lowest BCUT2D eigenvalue weighted by Gasteiger charge is -2.09. The van der Waals surface area contributed by atoms with Gasteiger partial charge in [-0.15, -0.1) is 0 Å². The van der Waals surface area contributed by atoms with Crippen molar-refractivity contribution >= 4 is 44.3 Å². The van der Waals surface area contributed by atoms with Gasteiger partial charge in [0.15, 0.2) is 5.52 Å². The molecule has 0 radical (unpaired) electrons. The molecule has 0 aromatic rings. The number of carbonyl (C=O) groups is 6. The Morgan fingerprint density at radius 1 is 0.444 bits per heavy atom. The molecule has 2 atom stereocenters. The largest absolute Gasteiger partial charge is 0.377 e. The van der Waals surface area contributed by atoms with Crippen LogP contribution in [0.2, 0.25) is 0 Å². The van der Waals surface area contributed by atoms with E-state index in [1.165, 1.54) is 0 Å². The third-order valence-corrected chi connectivity index (χ3v) is 7.07. The number of nitrogens with two attached hydrogens (primary N) is 1. The van der Waals surface area contributed by atoms with E-state index in [2.05, 4.69) is 35.8 Å². The number of nitrogens with one attached hydrogen (secondary N) is 5. The summed E-state index contributed by atoms with van der Waals surface area (Å²) in [6.45, 7) is 6.31. The Labute approximate surface area is 320 Å². The molecular formula is C33H63N6O14P. The SMILES string of the molecule is CCC(=O)NCCOCCOCC(=O)NCCOCCOCC(=O)NCCOCCOCC(=O)NCCOCCOCC(=O)NCCCC[C@H](N)C(=O)P. The third kappa shape index (κ3) is 37.4. The van der Waals surface area contributed by atoms with Gasteiger partial charge in [-0.1, -0.05) is 16.2 Å². The second-order valence-electron chi connectivity index (χ2n) is 11.3. The van der Waals surface area contributed by atoms with E-state index in [1.54, 1.807) is 6.92 Å². The van der Waals surface area contributed by atoms with E-state index in [0.29, 0.717) is 52.2 Å². The van der Waals surface area contributed by atoms with Crippen LogP contribution in [-0.2, 0) is 66.7 Å². The Bertz CT molecular complexity index is 1020. The lowest BCUT2D eigenvalue weighted by Crippen LogP contribution is -2.32. The summed E-state index contributed by atoms with van der Waals surface area (Å²) < 4.78 is 42.3. The van der Waals surface area contributed by atoms with Gasteiger partial charge in [0, 0.05) is 39.1 Å². The van der Waals surface area contributed by atoms with Crippen molar-refractivity contribution < 1.29 is 66.7 Å². The molecule has 0 saturated carbocycles. The zero-order valence-corrected chi connectivity index (χ0v) is 32.8. The van der Waals surface area contributed by atoms with Crippen LogP contribution in [0.4, 0.5) is 0 Å². The van der Waals surface area contributed by atoms with Crippen molar-refractivity contribution in [3.8, 4) is 0 Å². The molecule has 0 aromatic carbocycles. The quantitative estimate of drug-likeness (QED) is 0.0268. The molecule has 314 valence electrons. The number of rotatable bonds is 39. The summed E-state index contributed by atoms with van der Waals surface area (Å²) in [5.41, 5.74) is 5.52. The summed E-state index contributed by atoms with van der Waals surface area (Å²) in [7, 11) is 2.07. The van der Waals surface area contributed by atoms with Gasteiger partial charge >= 0.3 is 0 Å². The molecule has 0 fully saturated rings. The van der Waals surface area contributed by atoms with Crippen LogP contribution in [0, 0.1) is 0 Å². The Hall–Kier alpha value is -2.91. The summed E-state index contributed by atoms with van der Waals surface area (Å²) >= 11 is 0. The lowest BCUT2D eigenvalue weighted by atomic mass is 10.1. The number of amides is 5. The first-order valence-corrected chi connectivity index (χ1v) is 18.7. The van der Waals surface area contributed by atoms with Gasteiger partial charge in [0.25, 0.3) is 0 Å². The van der Waals surface area contributed by atoms with E-state index >= 15 is 0 Å². The van der Waals surface area contributed by atoms with Crippen LogP contribution in [0.1, 0.15) is 32.6 Å². The van der Waals surface area contributed by atoms with Crippen molar-refractivity contribution in [3.63, 3.8) is 0 Å². The van der Waals surface area contributed by atoms with Gasteiger partial charge in [-0.2, -0.15) is 0 Å². The molecular weight excluding hydrogens is 735 g/mol. The minimum Gasteiger partial charge on any atom is -0.377 e. The molecule has 0 rings (SSSR count). The molecule has 0 spiro atoms. The maximum Gasteiger partial charge on any atom is 0.246 e. The van der Waals surface area contributed by atoms with Gasteiger partial charge in [-0.3, -0.25) is 28.8 Å². The van der Waals surface area contributed by atoms with Gasteiger partial charge in [0.05, 0.1) is 85.3 Å². The standard InChI is InChI=1S/C33H63N6O14P/c1-2-28(40)36-7-11-46-15-20-51-24-30(42)38-9-13-48-17-22-53-26-32(44)39-10-14-49-18-21-52-25-31(43)37-8-12-47-16-19-50-23-29(41)35-6-4-3-5-27(34)33(45)54/h27H,2-26,34,54H2,1H3,(H,35,41)(H,36,40)(H,37,43)(H,38,42)(H,39,44)/t27-/m0/s1. The summed E-state index contributed by atoms with van der Waals surface area (Å²) in [6.07, 6.45) is 2.47. The predicted molar refractivity (Wildman–Crippen MR) is 198 cm³/mol. The average molecular weight is 799 g/mol. The maximum absolute atomic E-state index is 11.8. The lowest BCUT2D eigenvalue weighted by molar-refractivity contribution is -0.128. The molecule has 0 aliphatic rings. The van der Waals surface area contributed by atoms with E-state index in [4.69, 9.17) is 43.6 Å². The smallest absolute Gasteiger partial charge is 0.246 e. The van der Waals surface area contributed by atoms with E-state index in [0.717, 1.165) is 12.8 Å². The van der Waals surface area contributed by atoms with Gasteiger partial charge in [0.2, 0.25) is 29.5 Å². The van der Waals surface area contributed by atoms with E-state index < -0.39 is 6.04 Å². The molecule has 0 bridgehead atoms. The van der Waals surface area contributed by atoms with Crippen molar-refractivity contribution in [3.05, 3.63) is 0 Å². The van der Waals surface area contributed by atoms with E-state index in [9.17, 15) is 28.8 Å². The van der Waals surface area contributed by atoms with Crippen LogP contribution < -0.4 is 32.3 Å². The van der Waals surface area contributed by atoms with Crippen molar-refractivity contribution in [1.29, 1.82) is 0 Å². The van der Waals surface area contributed by atoms with Crippen LogP contribution in [0.15, 0.2) is 0 Å². The fourth-order valence-electron chi connectivity index (χ4n) is 3.78. The molecule has 0 aromatic heterocycles. The summed E-state index contributed by atoms with van der Waals surface area (Å²) in [4.78, 5) is 69.2. The highest BCUT2D eigenvalue weighted by Crippen LogP contribution is 2.02. The molecule has 7 N–H and O–H groups in total. The van der Waals surface area contributed by atoms with Gasteiger partial charge in [0.1, 0.15) is 26.4 Å². The van der Waals surface area contributed by atoms with E-state index in [-0.39, 0.29) is 134 Å². The average Bonchev–Trinajstić information content (AvgIpc) is 3.15. The monoisotopic (exact) mass is 798 g/mol. The number of hydrogen-bond donors (Lipinski definition) is 6. The van der Waals surface area contributed by atoms with Gasteiger partial charge < -0.3 is 70.2 Å². The number of unbranched alkanes of at least 4 members (excludes halogenated alkanes) is 1. The summed E-state index contributed by atoms with van der Waals surface area (Å²) in [5.74, 6) is -1.15. The van der Waals surface area contributed by atoms with Crippen molar-refractivity contribution in [1.82, 2.24) is 26.6 Å². The number of hydrogen-bond acceptors (Lipinski definition) is 15. The topological polar surface area (TPSA) is 262 Å². The summed E-state index contributed by atoms with van der Waals surface area (Å²) in [6, 6.07) is -0.483. The molecule has 0 heterocycles. The summed E-state index contributed by atoms with van der Waals surface area (Å²) in [5, 5.41) is 13.4. The molecule has 54 heavy (non-hydrogen) atoms.